The second-order valence-corrected chi connectivity index (χ2v) is 4.14. The molecule has 2 nitrogen and oxygen atoms in total. The van der Waals surface area contributed by atoms with E-state index in [1.54, 1.807) is 0 Å². The predicted octanol–water partition coefficient (Wildman–Crippen LogP) is 1.62. The van der Waals surface area contributed by atoms with E-state index in [0.29, 0.717) is 0 Å². The van der Waals surface area contributed by atoms with Gasteiger partial charge in [-0.25, -0.2) is 4.98 Å². The van der Waals surface area contributed by atoms with E-state index in [1.807, 2.05) is 24.0 Å². The van der Waals surface area contributed by atoms with Crippen LogP contribution in [0.3, 0.4) is 0 Å². The van der Waals surface area contributed by atoms with Crippen molar-refractivity contribution in [2.75, 3.05) is 19.3 Å². The molecular weight excluding hydrogens is 168 g/mol. The topological polar surface area (TPSA) is 16.1 Å². The molecule has 0 amide bonds. The van der Waals surface area contributed by atoms with Gasteiger partial charge in [0.1, 0.15) is 5.03 Å². The average molecular weight is 180 g/mol. The lowest BCUT2D eigenvalue weighted by atomic mass is 10.3. The Balaban J connectivity index is 2.31. The molecule has 1 aliphatic rings. The largest absolute Gasteiger partial charge is 0.301 e. The molecule has 1 aliphatic heterocycles. The van der Waals surface area contributed by atoms with E-state index in [-0.39, 0.29) is 0 Å². The van der Waals surface area contributed by atoms with Gasteiger partial charge in [-0.1, -0.05) is 6.07 Å². The quantitative estimate of drug-likeness (QED) is 0.603. The molecular formula is C9H12N2S. The lowest BCUT2D eigenvalue weighted by molar-refractivity contribution is 0.348. The number of aromatic nitrogens is 1. The zero-order chi connectivity index (χ0) is 8.39. The molecule has 0 radical (unpaired) electrons. The van der Waals surface area contributed by atoms with Crippen LogP contribution < -0.4 is 0 Å². The highest BCUT2D eigenvalue weighted by atomic mass is 32.2. The highest BCUT2D eigenvalue weighted by Crippen LogP contribution is 2.23. The third kappa shape index (κ3) is 1.62. The fourth-order valence-electron chi connectivity index (χ4n) is 1.34. The van der Waals surface area contributed by atoms with E-state index < -0.39 is 0 Å². The maximum atomic E-state index is 4.35. The van der Waals surface area contributed by atoms with Crippen molar-refractivity contribution in [3.05, 3.63) is 23.9 Å². The summed E-state index contributed by atoms with van der Waals surface area (Å²) in [7, 11) is 2.16. The fraction of sp³-hybridized carbons (Fsp3) is 0.444. The number of hydrogen-bond donors (Lipinski definition) is 0. The summed E-state index contributed by atoms with van der Waals surface area (Å²) in [4.78, 5) is 6.68. The van der Waals surface area contributed by atoms with Gasteiger partial charge in [0.25, 0.3) is 0 Å². The Labute approximate surface area is 77.0 Å². The highest BCUT2D eigenvalue weighted by molar-refractivity contribution is 7.99. The monoisotopic (exact) mass is 180 g/mol. The first-order valence-electron chi connectivity index (χ1n) is 4.11. The third-order valence-corrected chi connectivity index (χ3v) is 3.03. The number of thioether (sulfide) groups is 1. The zero-order valence-electron chi connectivity index (χ0n) is 7.16. The molecule has 0 aliphatic carbocycles. The van der Waals surface area contributed by atoms with Gasteiger partial charge in [0.2, 0.25) is 0 Å². The number of rotatable bonds is 0. The Hall–Kier alpha value is -0.540. The van der Waals surface area contributed by atoms with E-state index >= 15 is 0 Å². The normalized spacial score (nSPS) is 18.4. The molecule has 12 heavy (non-hydrogen) atoms. The minimum Gasteiger partial charge on any atom is -0.301 e. The van der Waals surface area contributed by atoms with Crippen molar-refractivity contribution in [1.82, 2.24) is 9.88 Å². The van der Waals surface area contributed by atoms with Crippen molar-refractivity contribution >= 4 is 11.8 Å². The van der Waals surface area contributed by atoms with Gasteiger partial charge in [0, 0.05) is 25.0 Å². The van der Waals surface area contributed by atoms with Gasteiger partial charge >= 0.3 is 0 Å². The molecule has 1 aromatic heterocycles. The minimum atomic E-state index is 1.04. The van der Waals surface area contributed by atoms with Crippen LogP contribution in [0.25, 0.3) is 0 Å². The number of hydrogen-bond acceptors (Lipinski definition) is 3. The minimum absolute atomic E-state index is 1.04. The molecule has 0 bridgehead atoms. The maximum Gasteiger partial charge on any atom is 0.100 e. The van der Waals surface area contributed by atoms with Gasteiger partial charge in [0.05, 0.1) is 0 Å². The van der Waals surface area contributed by atoms with Gasteiger partial charge in [-0.3, -0.25) is 0 Å². The lowest BCUT2D eigenvalue weighted by Gasteiger charge is -2.11. The molecule has 2 rings (SSSR count). The van der Waals surface area contributed by atoms with Gasteiger partial charge < -0.3 is 4.90 Å². The SMILES string of the molecule is CN1CCSc2ncccc2C1. The van der Waals surface area contributed by atoms with Crippen molar-refractivity contribution in [1.29, 1.82) is 0 Å². The van der Waals surface area contributed by atoms with E-state index in [2.05, 4.69) is 23.0 Å². The van der Waals surface area contributed by atoms with Crippen LogP contribution in [0.15, 0.2) is 23.4 Å². The van der Waals surface area contributed by atoms with Crippen LogP contribution >= 0.6 is 11.8 Å². The molecule has 0 unspecified atom stereocenters. The van der Waals surface area contributed by atoms with Crippen LogP contribution in [-0.2, 0) is 6.54 Å². The van der Waals surface area contributed by atoms with Crippen LogP contribution in [0.5, 0.6) is 0 Å². The standard InChI is InChI=1S/C9H12N2S/c1-11-5-6-12-9-8(7-11)3-2-4-10-9/h2-4H,5-7H2,1H3. The highest BCUT2D eigenvalue weighted by Gasteiger charge is 2.11. The Bertz CT molecular complexity index is 275. The Kier molecular flexibility index (Phi) is 2.33. The van der Waals surface area contributed by atoms with Crippen LogP contribution in [0, 0.1) is 0 Å². The molecule has 2 heterocycles. The van der Waals surface area contributed by atoms with Gasteiger partial charge in [0.15, 0.2) is 0 Å². The summed E-state index contributed by atoms with van der Waals surface area (Å²) < 4.78 is 0. The van der Waals surface area contributed by atoms with Crippen molar-refractivity contribution in [3.8, 4) is 0 Å². The first kappa shape index (κ1) is 8.08. The van der Waals surface area contributed by atoms with Crippen LogP contribution in [0.1, 0.15) is 5.56 Å². The maximum absolute atomic E-state index is 4.35. The summed E-state index contributed by atoms with van der Waals surface area (Å²) in [5.74, 6) is 1.15. The second-order valence-electron chi connectivity index (χ2n) is 3.05. The predicted molar refractivity (Wildman–Crippen MR) is 51.3 cm³/mol. The molecule has 0 saturated heterocycles. The van der Waals surface area contributed by atoms with Gasteiger partial charge in [-0.2, -0.15) is 0 Å². The molecule has 0 atom stereocenters. The molecule has 0 N–H and O–H groups in total. The van der Waals surface area contributed by atoms with E-state index in [9.17, 15) is 0 Å². The summed E-state index contributed by atoms with van der Waals surface area (Å²) in [6, 6.07) is 4.18. The zero-order valence-corrected chi connectivity index (χ0v) is 7.97. The summed E-state index contributed by atoms with van der Waals surface area (Å²) in [6.45, 7) is 2.19. The summed E-state index contributed by atoms with van der Waals surface area (Å²) >= 11 is 1.86. The first-order chi connectivity index (χ1) is 5.86. The Morgan fingerprint density at radius 2 is 2.50 bits per heavy atom. The second kappa shape index (κ2) is 3.46. The average Bonchev–Trinajstić information content (AvgIpc) is 2.25. The number of nitrogens with zero attached hydrogens (tertiary/aromatic N) is 2. The van der Waals surface area contributed by atoms with Crippen molar-refractivity contribution in [2.24, 2.45) is 0 Å². The number of fused-ring (bicyclic) bond motifs is 1. The number of pyridine rings is 1. The van der Waals surface area contributed by atoms with Crippen molar-refractivity contribution < 1.29 is 0 Å². The van der Waals surface area contributed by atoms with E-state index in [1.165, 1.54) is 10.6 Å². The van der Waals surface area contributed by atoms with E-state index in [0.717, 1.165) is 18.8 Å². The molecule has 0 aromatic carbocycles. The van der Waals surface area contributed by atoms with Gasteiger partial charge in [-0.05, 0) is 18.7 Å². The first-order valence-corrected chi connectivity index (χ1v) is 5.10. The van der Waals surface area contributed by atoms with Crippen molar-refractivity contribution in [3.63, 3.8) is 0 Å². The van der Waals surface area contributed by atoms with Crippen LogP contribution in [-0.4, -0.2) is 29.2 Å². The molecule has 0 fully saturated rings. The summed E-state index contributed by atoms with van der Waals surface area (Å²) in [5, 5.41) is 1.21. The smallest absolute Gasteiger partial charge is 0.100 e. The molecule has 0 saturated carbocycles. The molecule has 3 heteroatoms. The summed E-state index contributed by atoms with van der Waals surface area (Å²) in [5.41, 5.74) is 1.36. The molecule has 64 valence electrons. The van der Waals surface area contributed by atoms with Crippen LogP contribution in [0.2, 0.25) is 0 Å². The molecule has 0 spiro atoms. The lowest BCUT2D eigenvalue weighted by Crippen LogP contribution is -2.18. The Morgan fingerprint density at radius 1 is 1.58 bits per heavy atom. The fourth-order valence-corrected chi connectivity index (χ4v) is 2.39. The third-order valence-electron chi connectivity index (χ3n) is 2.00. The Morgan fingerprint density at radius 3 is 3.42 bits per heavy atom. The van der Waals surface area contributed by atoms with E-state index in [4.69, 9.17) is 0 Å². The van der Waals surface area contributed by atoms with Crippen molar-refractivity contribution in [2.45, 2.75) is 11.6 Å². The molecule has 1 aromatic rings. The van der Waals surface area contributed by atoms with Gasteiger partial charge in [-0.15, -0.1) is 11.8 Å². The van der Waals surface area contributed by atoms with Crippen LogP contribution in [0.4, 0.5) is 0 Å². The summed E-state index contributed by atoms with van der Waals surface area (Å²) in [6.07, 6.45) is 1.87.